The van der Waals surface area contributed by atoms with Crippen LogP contribution >= 0.6 is 11.6 Å². The van der Waals surface area contributed by atoms with Crippen molar-refractivity contribution in [1.29, 1.82) is 0 Å². The molecule has 0 radical (unpaired) electrons. The van der Waals surface area contributed by atoms with Crippen LogP contribution in [0.15, 0.2) is 18.2 Å². The molecule has 2 N–H and O–H groups in total. The van der Waals surface area contributed by atoms with Crippen molar-refractivity contribution < 1.29 is 5.11 Å². The first-order chi connectivity index (χ1) is 9.30. The van der Waals surface area contributed by atoms with Gasteiger partial charge in [-0.15, -0.1) is 0 Å². The third-order valence-electron chi connectivity index (χ3n) is 4.61. The van der Waals surface area contributed by atoms with Crippen LogP contribution < -0.4 is 5.32 Å². The second kappa shape index (κ2) is 6.05. The van der Waals surface area contributed by atoms with Gasteiger partial charge in [-0.1, -0.05) is 31.5 Å². The average molecular weight is 296 g/mol. The Hall–Kier alpha value is -0.570. The second-order valence-corrected chi connectivity index (χ2v) is 7.50. The van der Waals surface area contributed by atoms with Crippen molar-refractivity contribution in [2.75, 3.05) is 6.54 Å². The third-order valence-corrected chi connectivity index (χ3v) is 4.84. The van der Waals surface area contributed by atoms with Crippen LogP contribution in [0, 0.1) is 12.3 Å². The molecule has 0 spiro atoms. The lowest BCUT2D eigenvalue weighted by atomic mass is 9.71. The Kier molecular flexibility index (Phi) is 4.78. The minimum atomic E-state index is -0.532. The first kappa shape index (κ1) is 15.8. The van der Waals surface area contributed by atoms with Crippen molar-refractivity contribution >= 4 is 11.6 Å². The molecular weight excluding hydrogens is 270 g/mol. The first-order valence-corrected chi connectivity index (χ1v) is 7.86. The van der Waals surface area contributed by atoms with Crippen molar-refractivity contribution in [1.82, 2.24) is 5.32 Å². The fraction of sp³-hybridized carbons (Fsp3) is 0.647. The van der Waals surface area contributed by atoms with Crippen molar-refractivity contribution in [3.63, 3.8) is 0 Å². The molecule has 1 saturated carbocycles. The summed E-state index contributed by atoms with van der Waals surface area (Å²) in [6.45, 7) is 8.11. The number of hydrogen-bond donors (Lipinski definition) is 2. The third kappa shape index (κ3) is 4.21. The number of benzene rings is 1. The summed E-state index contributed by atoms with van der Waals surface area (Å²) in [6.07, 6.45) is 4.00. The van der Waals surface area contributed by atoms with Gasteiger partial charge in [-0.3, -0.25) is 0 Å². The monoisotopic (exact) mass is 295 g/mol. The van der Waals surface area contributed by atoms with Gasteiger partial charge in [0.15, 0.2) is 0 Å². The molecule has 0 atom stereocenters. The number of rotatable bonds is 4. The lowest BCUT2D eigenvalue weighted by molar-refractivity contribution is -0.0245. The largest absolute Gasteiger partial charge is 0.389 e. The maximum absolute atomic E-state index is 10.6. The van der Waals surface area contributed by atoms with Crippen molar-refractivity contribution in [3.05, 3.63) is 34.3 Å². The molecule has 0 unspecified atom stereocenters. The Morgan fingerprint density at radius 1 is 1.20 bits per heavy atom. The summed E-state index contributed by atoms with van der Waals surface area (Å²) in [7, 11) is 0. The molecule has 1 aromatic rings. The van der Waals surface area contributed by atoms with E-state index in [1.165, 1.54) is 11.1 Å². The highest BCUT2D eigenvalue weighted by molar-refractivity contribution is 6.30. The van der Waals surface area contributed by atoms with Crippen LogP contribution in [-0.2, 0) is 6.54 Å². The van der Waals surface area contributed by atoms with Gasteiger partial charge in [-0.25, -0.2) is 0 Å². The minimum absolute atomic E-state index is 0.388. The Labute approximate surface area is 127 Å². The molecule has 20 heavy (non-hydrogen) atoms. The van der Waals surface area contributed by atoms with Crippen LogP contribution in [0.4, 0.5) is 0 Å². The number of aliphatic hydroxyl groups is 1. The lowest BCUT2D eigenvalue weighted by Crippen LogP contribution is -2.44. The smallest absolute Gasteiger partial charge is 0.0772 e. The molecule has 0 amide bonds. The predicted molar refractivity (Wildman–Crippen MR) is 85.1 cm³/mol. The van der Waals surface area contributed by atoms with Crippen LogP contribution in [-0.4, -0.2) is 17.3 Å². The topological polar surface area (TPSA) is 32.3 Å². The van der Waals surface area contributed by atoms with Gasteiger partial charge in [0, 0.05) is 18.1 Å². The van der Waals surface area contributed by atoms with Gasteiger partial charge < -0.3 is 10.4 Å². The molecule has 1 aromatic carbocycles. The van der Waals surface area contributed by atoms with E-state index in [0.29, 0.717) is 12.0 Å². The molecule has 0 aromatic heterocycles. The second-order valence-electron chi connectivity index (χ2n) is 7.06. The molecule has 2 nitrogen and oxygen atoms in total. The molecule has 0 aliphatic heterocycles. The van der Waals surface area contributed by atoms with Gasteiger partial charge >= 0.3 is 0 Å². The van der Waals surface area contributed by atoms with E-state index in [1.807, 2.05) is 12.1 Å². The normalized spacial score (nSPS) is 20.9. The zero-order valence-electron chi connectivity index (χ0n) is 12.8. The molecule has 0 heterocycles. The Morgan fingerprint density at radius 2 is 1.85 bits per heavy atom. The van der Waals surface area contributed by atoms with E-state index in [1.54, 1.807) is 0 Å². The zero-order valence-corrected chi connectivity index (χ0v) is 13.6. The summed E-state index contributed by atoms with van der Waals surface area (Å²) in [5.41, 5.74) is 2.30. The summed E-state index contributed by atoms with van der Waals surface area (Å²) >= 11 is 5.96. The Balaban J connectivity index is 1.84. The van der Waals surface area contributed by atoms with Crippen molar-refractivity contribution in [2.45, 2.75) is 58.6 Å². The molecule has 1 fully saturated rings. The maximum Gasteiger partial charge on any atom is 0.0772 e. The van der Waals surface area contributed by atoms with E-state index in [2.05, 4.69) is 32.2 Å². The van der Waals surface area contributed by atoms with E-state index in [4.69, 9.17) is 11.6 Å². The zero-order chi connectivity index (χ0) is 14.8. The summed E-state index contributed by atoms with van der Waals surface area (Å²) in [6, 6.07) is 5.96. The van der Waals surface area contributed by atoms with Crippen LogP contribution in [0.5, 0.6) is 0 Å². The standard InChI is InChI=1S/C17H26ClNO/c1-13-10-15(18)5-4-14(13)11-19-12-17(20)8-6-16(2,3)7-9-17/h4-5,10,19-20H,6-9,11-12H2,1-3H3. The van der Waals surface area contributed by atoms with Gasteiger partial charge in [-0.2, -0.15) is 0 Å². The molecule has 1 aliphatic rings. The Bertz CT molecular complexity index is 460. The van der Waals surface area contributed by atoms with Gasteiger partial charge in [0.25, 0.3) is 0 Å². The van der Waals surface area contributed by atoms with E-state index >= 15 is 0 Å². The molecular formula is C17H26ClNO. The molecule has 2 rings (SSSR count). The molecule has 3 heteroatoms. The van der Waals surface area contributed by atoms with Crippen LogP contribution in [0.2, 0.25) is 5.02 Å². The van der Waals surface area contributed by atoms with E-state index in [9.17, 15) is 5.11 Å². The highest BCUT2D eigenvalue weighted by Crippen LogP contribution is 2.39. The highest BCUT2D eigenvalue weighted by atomic mass is 35.5. The maximum atomic E-state index is 10.6. The number of halogens is 1. The minimum Gasteiger partial charge on any atom is -0.389 e. The summed E-state index contributed by atoms with van der Waals surface area (Å²) in [5, 5.41) is 14.8. The summed E-state index contributed by atoms with van der Waals surface area (Å²) in [5.74, 6) is 0. The first-order valence-electron chi connectivity index (χ1n) is 7.48. The van der Waals surface area contributed by atoms with Crippen molar-refractivity contribution in [2.24, 2.45) is 5.41 Å². The highest BCUT2D eigenvalue weighted by Gasteiger charge is 2.36. The summed E-state index contributed by atoms with van der Waals surface area (Å²) < 4.78 is 0. The number of hydrogen-bond acceptors (Lipinski definition) is 2. The van der Waals surface area contributed by atoms with Gasteiger partial charge in [0.2, 0.25) is 0 Å². The van der Waals surface area contributed by atoms with E-state index < -0.39 is 5.60 Å². The predicted octanol–water partition coefficient (Wildman–Crippen LogP) is 4.07. The van der Waals surface area contributed by atoms with Gasteiger partial charge in [0.1, 0.15) is 0 Å². The fourth-order valence-corrected chi connectivity index (χ4v) is 3.08. The van der Waals surface area contributed by atoms with Crippen LogP contribution in [0.3, 0.4) is 0 Å². The van der Waals surface area contributed by atoms with E-state index in [-0.39, 0.29) is 0 Å². The van der Waals surface area contributed by atoms with Gasteiger partial charge in [0.05, 0.1) is 5.60 Å². The SMILES string of the molecule is Cc1cc(Cl)ccc1CNCC1(O)CCC(C)(C)CC1. The van der Waals surface area contributed by atoms with Crippen molar-refractivity contribution in [3.8, 4) is 0 Å². The number of aryl methyl sites for hydroxylation is 1. The van der Waals surface area contributed by atoms with Gasteiger partial charge in [-0.05, 0) is 61.3 Å². The molecule has 1 aliphatic carbocycles. The van der Waals surface area contributed by atoms with E-state index in [0.717, 1.165) is 37.3 Å². The van der Waals surface area contributed by atoms with Crippen LogP contribution in [0.25, 0.3) is 0 Å². The van der Waals surface area contributed by atoms with Crippen LogP contribution in [0.1, 0.15) is 50.7 Å². The lowest BCUT2D eigenvalue weighted by Gasteiger charge is -2.40. The summed E-state index contributed by atoms with van der Waals surface area (Å²) in [4.78, 5) is 0. The molecule has 112 valence electrons. The molecule has 0 bridgehead atoms. The Morgan fingerprint density at radius 3 is 2.45 bits per heavy atom. The quantitative estimate of drug-likeness (QED) is 0.877. The molecule has 0 saturated heterocycles. The fourth-order valence-electron chi connectivity index (χ4n) is 2.86. The average Bonchev–Trinajstić information content (AvgIpc) is 2.37. The number of nitrogens with one attached hydrogen (secondary N) is 1.